The Balaban J connectivity index is 2.07. The van der Waals surface area contributed by atoms with Gasteiger partial charge in [-0.25, -0.2) is 0 Å². The zero-order chi connectivity index (χ0) is 14.5. The Morgan fingerprint density at radius 1 is 1.55 bits per heavy atom. The van der Waals surface area contributed by atoms with Crippen LogP contribution in [0.1, 0.15) is 18.5 Å². The van der Waals surface area contributed by atoms with Gasteiger partial charge in [-0.1, -0.05) is 5.16 Å². The molecule has 6 heteroatoms. The van der Waals surface area contributed by atoms with E-state index in [1.165, 1.54) is 12.8 Å². The van der Waals surface area contributed by atoms with Crippen molar-refractivity contribution in [3.63, 3.8) is 0 Å². The summed E-state index contributed by atoms with van der Waals surface area (Å²) in [4.78, 5) is 8.72. The van der Waals surface area contributed by atoms with Crippen molar-refractivity contribution in [2.75, 3.05) is 38.6 Å². The van der Waals surface area contributed by atoms with E-state index in [1.54, 1.807) is 6.20 Å². The zero-order valence-electron chi connectivity index (χ0n) is 12.2. The largest absolute Gasteiger partial charge is 0.409 e. The number of aromatic nitrogens is 1. The summed E-state index contributed by atoms with van der Waals surface area (Å²) in [5.74, 6) is 0.729. The Labute approximate surface area is 119 Å². The number of amidine groups is 1. The molecule has 3 N–H and O–H groups in total. The molecule has 1 saturated heterocycles. The predicted octanol–water partition coefficient (Wildman–Crippen LogP) is 0.954. The van der Waals surface area contributed by atoms with Crippen molar-refractivity contribution < 1.29 is 5.21 Å². The Bertz CT molecular complexity index is 468. The third-order valence-electron chi connectivity index (χ3n) is 3.92. The van der Waals surface area contributed by atoms with Crippen LogP contribution in [-0.4, -0.2) is 54.7 Å². The van der Waals surface area contributed by atoms with E-state index in [0.29, 0.717) is 11.6 Å². The molecule has 0 bridgehead atoms. The van der Waals surface area contributed by atoms with E-state index in [9.17, 15) is 0 Å². The summed E-state index contributed by atoms with van der Waals surface area (Å²) in [6.07, 6.45) is 4.07. The SMILES string of the molecule is CN1CCC(CN(C)c2cccnc2/C(N)=N/O)CC1. The van der Waals surface area contributed by atoms with Gasteiger partial charge in [-0.05, 0) is 51.0 Å². The highest BCUT2D eigenvalue weighted by molar-refractivity contribution is 6.00. The van der Waals surface area contributed by atoms with Crippen LogP contribution in [0.2, 0.25) is 0 Å². The second-order valence-corrected chi connectivity index (χ2v) is 5.48. The van der Waals surface area contributed by atoms with Gasteiger partial charge >= 0.3 is 0 Å². The molecular formula is C14H23N5O. The maximum Gasteiger partial charge on any atom is 0.190 e. The van der Waals surface area contributed by atoms with Crippen LogP contribution in [0.25, 0.3) is 0 Å². The quantitative estimate of drug-likeness (QED) is 0.371. The Kier molecular flexibility index (Phi) is 4.79. The molecule has 0 radical (unpaired) electrons. The van der Waals surface area contributed by atoms with Gasteiger partial charge in [0.25, 0.3) is 0 Å². The number of nitrogens with zero attached hydrogens (tertiary/aromatic N) is 4. The van der Waals surface area contributed by atoms with Gasteiger partial charge in [0.15, 0.2) is 5.84 Å². The van der Waals surface area contributed by atoms with E-state index in [-0.39, 0.29) is 5.84 Å². The van der Waals surface area contributed by atoms with E-state index in [0.717, 1.165) is 25.3 Å². The van der Waals surface area contributed by atoms with E-state index in [2.05, 4.69) is 27.0 Å². The fourth-order valence-electron chi connectivity index (χ4n) is 2.68. The van der Waals surface area contributed by atoms with Crippen LogP contribution in [0.3, 0.4) is 0 Å². The average Bonchev–Trinajstić information content (AvgIpc) is 2.48. The van der Waals surface area contributed by atoms with Gasteiger partial charge in [0.1, 0.15) is 5.69 Å². The lowest BCUT2D eigenvalue weighted by molar-refractivity contribution is 0.222. The minimum atomic E-state index is 0.0517. The zero-order valence-corrected chi connectivity index (χ0v) is 12.2. The highest BCUT2D eigenvalue weighted by Gasteiger charge is 2.20. The Hall–Kier alpha value is -1.82. The Morgan fingerprint density at radius 2 is 2.25 bits per heavy atom. The summed E-state index contributed by atoms with van der Waals surface area (Å²) >= 11 is 0. The fraction of sp³-hybridized carbons (Fsp3) is 0.571. The van der Waals surface area contributed by atoms with Crippen molar-refractivity contribution in [3.05, 3.63) is 24.0 Å². The molecule has 0 aliphatic carbocycles. The molecule has 0 saturated carbocycles. The second-order valence-electron chi connectivity index (χ2n) is 5.48. The summed E-state index contributed by atoms with van der Waals surface area (Å²) < 4.78 is 0. The first kappa shape index (κ1) is 14.6. The molecule has 1 aromatic rings. The first-order valence-corrected chi connectivity index (χ1v) is 6.94. The van der Waals surface area contributed by atoms with Gasteiger partial charge < -0.3 is 20.7 Å². The molecule has 1 fully saturated rings. The van der Waals surface area contributed by atoms with Gasteiger partial charge in [0, 0.05) is 19.8 Å². The molecule has 2 rings (SSSR count). The molecule has 0 spiro atoms. The highest BCUT2D eigenvalue weighted by atomic mass is 16.4. The van der Waals surface area contributed by atoms with Crippen molar-refractivity contribution in [2.24, 2.45) is 16.8 Å². The van der Waals surface area contributed by atoms with Gasteiger partial charge in [0.05, 0.1) is 5.69 Å². The summed E-state index contributed by atoms with van der Waals surface area (Å²) in [6, 6.07) is 3.82. The topological polar surface area (TPSA) is 78.0 Å². The minimum Gasteiger partial charge on any atom is -0.409 e. The number of hydrogen-bond acceptors (Lipinski definition) is 5. The average molecular weight is 277 g/mol. The second kappa shape index (κ2) is 6.56. The number of pyridine rings is 1. The third kappa shape index (κ3) is 3.39. The number of hydrogen-bond donors (Lipinski definition) is 2. The number of oxime groups is 1. The molecule has 20 heavy (non-hydrogen) atoms. The van der Waals surface area contributed by atoms with Crippen molar-refractivity contribution in [1.82, 2.24) is 9.88 Å². The number of nitrogens with two attached hydrogens (primary N) is 1. The van der Waals surface area contributed by atoms with Gasteiger partial charge in [0.2, 0.25) is 0 Å². The first-order valence-electron chi connectivity index (χ1n) is 6.94. The predicted molar refractivity (Wildman–Crippen MR) is 80.2 cm³/mol. The van der Waals surface area contributed by atoms with E-state index in [1.807, 2.05) is 19.2 Å². The normalized spacial score (nSPS) is 18.2. The van der Waals surface area contributed by atoms with Crippen molar-refractivity contribution in [1.29, 1.82) is 0 Å². The van der Waals surface area contributed by atoms with E-state index in [4.69, 9.17) is 10.9 Å². The lowest BCUT2D eigenvalue weighted by Crippen LogP contribution is -2.36. The van der Waals surface area contributed by atoms with Crippen LogP contribution in [0, 0.1) is 5.92 Å². The molecule has 110 valence electrons. The van der Waals surface area contributed by atoms with Crippen LogP contribution < -0.4 is 10.6 Å². The fourth-order valence-corrected chi connectivity index (χ4v) is 2.68. The molecule has 1 aliphatic heterocycles. The van der Waals surface area contributed by atoms with Crippen LogP contribution in [0.5, 0.6) is 0 Å². The molecule has 0 atom stereocenters. The molecule has 0 unspecified atom stereocenters. The molecule has 0 aromatic carbocycles. The number of piperidine rings is 1. The molecule has 1 aliphatic rings. The smallest absolute Gasteiger partial charge is 0.190 e. The van der Waals surface area contributed by atoms with Gasteiger partial charge in [-0.15, -0.1) is 0 Å². The summed E-state index contributed by atoms with van der Waals surface area (Å²) in [5.41, 5.74) is 7.13. The summed E-state index contributed by atoms with van der Waals surface area (Å²) in [7, 11) is 4.20. The molecule has 6 nitrogen and oxygen atoms in total. The van der Waals surface area contributed by atoms with E-state index >= 15 is 0 Å². The highest BCUT2D eigenvalue weighted by Crippen LogP contribution is 2.22. The number of rotatable bonds is 4. The van der Waals surface area contributed by atoms with Gasteiger partial charge in [-0.2, -0.15) is 0 Å². The maximum atomic E-state index is 8.84. The number of likely N-dealkylation sites (tertiary alicyclic amines) is 1. The van der Waals surface area contributed by atoms with Crippen molar-refractivity contribution in [3.8, 4) is 0 Å². The van der Waals surface area contributed by atoms with Crippen molar-refractivity contribution in [2.45, 2.75) is 12.8 Å². The van der Waals surface area contributed by atoms with E-state index < -0.39 is 0 Å². The Morgan fingerprint density at radius 3 is 2.90 bits per heavy atom. The first-order chi connectivity index (χ1) is 9.61. The third-order valence-corrected chi connectivity index (χ3v) is 3.92. The molecular weight excluding hydrogens is 254 g/mol. The van der Waals surface area contributed by atoms with Crippen LogP contribution in [0.4, 0.5) is 5.69 Å². The summed E-state index contributed by atoms with van der Waals surface area (Å²) in [5, 5.41) is 11.9. The van der Waals surface area contributed by atoms with Crippen LogP contribution >= 0.6 is 0 Å². The standard InChI is InChI=1S/C14H23N5O/c1-18-8-5-11(6-9-18)10-19(2)12-4-3-7-16-13(12)14(15)17-20/h3-4,7,11,20H,5-6,8-10H2,1-2H3,(H2,15,17). The maximum absolute atomic E-state index is 8.84. The van der Waals surface area contributed by atoms with Crippen molar-refractivity contribution >= 4 is 11.5 Å². The van der Waals surface area contributed by atoms with Crippen LogP contribution in [-0.2, 0) is 0 Å². The summed E-state index contributed by atoms with van der Waals surface area (Å²) in [6.45, 7) is 3.27. The van der Waals surface area contributed by atoms with Gasteiger partial charge in [-0.3, -0.25) is 4.98 Å². The molecule has 1 aromatic heterocycles. The number of anilines is 1. The monoisotopic (exact) mass is 277 g/mol. The molecule has 2 heterocycles. The lowest BCUT2D eigenvalue weighted by Gasteiger charge is -2.32. The molecule has 0 amide bonds. The minimum absolute atomic E-state index is 0.0517. The lowest BCUT2D eigenvalue weighted by atomic mass is 9.96. The van der Waals surface area contributed by atoms with Crippen LogP contribution in [0.15, 0.2) is 23.5 Å².